The van der Waals surface area contributed by atoms with Crippen molar-refractivity contribution in [3.05, 3.63) is 24.3 Å². The minimum atomic E-state index is -1.38. The fraction of sp³-hybridized carbons (Fsp3) is 0.417. The van der Waals surface area contributed by atoms with Gasteiger partial charge < -0.3 is 20.5 Å². The molecule has 1 atom stereocenters. The summed E-state index contributed by atoms with van der Waals surface area (Å²) in [6.07, 6.45) is 0. The van der Waals surface area contributed by atoms with Gasteiger partial charge in [-0.1, -0.05) is 6.07 Å². The highest BCUT2D eigenvalue weighted by Crippen LogP contribution is 2.20. The zero-order valence-electron chi connectivity index (χ0n) is 10.3. The predicted molar refractivity (Wildman–Crippen MR) is 66.5 cm³/mol. The number of carboxylic acids is 1. The van der Waals surface area contributed by atoms with Gasteiger partial charge in [0, 0.05) is 25.8 Å². The Morgan fingerprint density at radius 3 is 2.71 bits per heavy atom. The maximum Gasteiger partial charge on any atom is 0.326 e. The lowest BCUT2D eigenvalue weighted by Crippen LogP contribution is -2.49. The van der Waals surface area contributed by atoms with E-state index in [1.165, 1.54) is 6.92 Å². The number of nitrogens with zero attached hydrogens (tertiary/aromatic N) is 1. The van der Waals surface area contributed by atoms with Crippen LogP contribution in [0, 0.1) is 0 Å². The number of carbonyl (C=O) groups is 1. The number of benzene rings is 1. The van der Waals surface area contributed by atoms with E-state index < -0.39 is 11.5 Å². The Labute approximate surface area is 101 Å². The van der Waals surface area contributed by atoms with E-state index in [0.717, 1.165) is 5.69 Å². The summed E-state index contributed by atoms with van der Waals surface area (Å²) < 4.78 is 5.39. The highest BCUT2D eigenvalue weighted by Gasteiger charge is 2.28. The SMILES string of the molecule is CN(C)c1cccc(OCC(C)(N)C(=O)O)c1. The fourth-order valence-electron chi connectivity index (χ4n) is 1.15. The van der Waals surface area contributed by atoms with Crippen LogP contribution in [0.15, 0.2) is 24.3 Å². The van der Waals surface area contributed by atoms with Crippen LogP contribution in [0.25, 0.3) is 0 Å². The van der Waals surface area contributed by atoms with Crippen molar-refractivity contribution < 1.29 is 14.6 Å². The van der Waals surface area contributed by atoms with Crippen LogP contribution in [0.2, 0.25) is 0 Å². The molecule has 1 rings (SSSR count). The van der Waals surface area contributed by atoms with Gasteiger partial charge in [-0.25, -0.2) is 0 Å². The smallest absolute Gasteiger partial charge is 0.326 e. The van der Waals surface area contributed by atoms with E-state index in [4.69, 9.17) is 15.6 Å². The minimum absolute atomic E-state index is 0.0702. The van der Waals surface area contributed by atoms with Crippen LogP contribution in [0.5, 0.6) is 5.75 Å². The molecule has 0 heterocycles. The molecule has 0 amide bonds. The number of anilines is 1. The topological polar surface area (TPSA) is 75.8 Å². The number of carboxylic acid groups (broad SMARTS) is 1. The molecule has 3 N–H and O–H groups in total. The maximum absolute atomic E-state index is 10.8. The molecule has 0 spiro atoms. The lowest BCUT2D eigenvalue weighted by molar-refractivity contribution is -0.143. The van der Waals surface area contributed by atoms with Gasteiger partial charge in [0.15, 0.2) is 0 Å². The van der Waals surface area contributed by atoms with Gasteiger partial charge in [-0.3, -0.25) is 4.79 Å². The average molecular weight is 238 g/mol. The molecule has 1 unspecified atom stereocenters. The molecule has 0 aliphatic rings. The van der Waals surface area contributed by atoms with Gasteiger partial charge in [-0.05, 0) is 19.1 Å². The number of hydrogen-bond acceptors (Lipinski definition) is 4. The third-order valence-corrected chi connectivity index (χ3v) is 2.36. The van der Waals surface area contributed by atoms with Crippen molar-refractivity contribution in [2.45, 2.75) is 12.5 Å². The van der Waals surface area contributed by atoms with Crippen molar-refractivity contribution in [2.75, 3.05) is 25.6 Å². The molecule has 1 aromatic carbocycles. The standard InChI is InChI=1S/C12H18N2O3/c1-12(13,11(15)16)8-17-10-6-4-5-9(7-10)14(2)3/h4-7H,8,13H2,1-3H3,(H,15,16). The third kappa shape index (κ3) is 3.64. The van der Waals surface area contributed by atoms with Crippen molar-refractivity contribution in [1.82, 2.24) is 0 Å². The van der Waals surface area contributed by atoms with Crippen LogP contribution in [0.3, 0.4) is 0 Å². The second kappa shape index (κ2) is 5.05. The Bertz CT molecular complexity index is 402. The van der Waals surface area contributed by atoms with Crippen LogP contribution in [0.4, 0.5) is 5.69 Å². The van der Waals surface area contributed by atoms with Gasteiger partial charge in [-0.2, -0.15) is 0 Å². The second-order valence-corrected chi connectivity index (χ2v) is 4.40. The first kappa shape index (κ1) is 13.3. The van der Waals surface area contributed by atoms with Crippen LogP contribution < -0.4 is 15.4 Å². The van der Waals surface area contributed by atoms with Crippen LogP contribution >= 0.6 is 0 Å². The summed E-state index contributed by atoms with van der Waals surface area (Å²) in [5.41, 5.74) is 5.17. The van der Waals surface area contributed by atoms with Crippen molar-refractivity contribution in [3.8, 4) is 5.75 Å². The Morgan fingerprint density at radius 2 is 2.18 bits per heavy atom. The zero-order chi connectivity index (χ0) is 13.1. The summed E-state index contributed by atoms with van der Waals surface area (Å²) in [6, 6.07) is 7.38. The Kier molecular flexibility index (Phi) is 3.96. The zero-order valence-corrected chi connectivity index (χ0v) is 10.3. The van der Waals surface area contributed by atoms with Gasteiger partial charge in [-0.15, -0.1) is 0 Å². The van der Waals surface area contributed by atoms with E-state index in [-0.39, 0.29) is 6.61 Å². The Balaban J connectivity index is 2.70. The highest BCUT2D eigenvalue weighted by molar-refractivity contribution is 5.78. The fourth-order valence-corrected chi connectivity index (χ4v) is 1.15. The summed E-state index contributed by atoms with van der Waals surface area (Å²) in [5, 5.41) is 8.85. The molecule has 0 radical (unpaired) electrons. The Morgan fingerprint density at radius 1 is 1.53 bits per heavy atom. The monoisotopic (exact) mass is 238 g/mol. The molecular weight excluding hydrogens is 220 g/mol. The molecule has 0 bridgehead atoms. The number of rotatable bonds is 5. The van der Waals surface area contributed by atoms with E-state index in [2.05, 4.69) is 0 Å². The lowest BCUT2D eigenvalue weighted by Gasteiger charge is -2.20. The first-order valence-electron chi connectivity index (χ1n) is 5.25. The molecule has 17 heavy (non-hydrogen) atoms. The summed E-state index contributed by atoms with van der Waals surface area (Å²) in [5.74, 6) is -0.476. The molecule has 5 heteroatoms. The highest BCUT2D eigenvalue weighted by atomic mass is 16.5. The average Bonchev–Trinajstić information content (AvgIpc) is 2.26. The second-order valence-electron chi connectivity index (χ2n) is 4.40. The molecular formula is C12H18N2O3. The normalized spacial score (nSPS) is 13.9. The quantitative estimate of drug-likeness (QED) is 0.798. The molecule has 0 fully saturated rings. The number of hydrogen-bond donors (Lipinski definition) is 2. The molecule has 5 nitrogen and oxygen atoms in total. The van der Waals surface area contributed by atoms with Crippen molar-refractivity contribution in [1.29, 1.82) is 0 Å². The van der Waals surface area contributed by atoms with E-state index in [1.54, 1.807) is 6.07 Å². The van der Waals surface area contributed by atoms with Crippen LogP contribution in [-0.4, -0.2) is 37.3 Å². The maximum atomic E-state index is 10.8. The van der Waals surface area contributed by atoms with Crippen molar-refractivity contribution in [3.63, 3.8) is 0 Å². The van der Waals surface area contributed by atoms with E-state index in [0.29, 0.717) is 5.75 Å². The van der Waals surface area contributed by atoms with E-state index in [1.807, 2.05) is 37.2 Å². The van der Waals surface area contributed by atoms with E-state index in [9.17, 15) is 4.79 Å². The van der Waals surface area contributed by atoms with Gasteiger partial charge in [0.05, 0.1) is 0 Å². The summed E-state index contributed by atoms with van der Waals surface area (Å²) in [7, 11) is 3.84. The third-order valence-electron chi connectivity index (χ3n) is 2.36. The number of aliphatic carboxylic acids is 1. The molecule has 94 valence electrons. The van der Waals surface area contributed by atoms with Crippen LogP contribution in [-0.2, 0) is 4.79 Å². The van der Waals surface area contributed by atoms with Gasteiger partial charge in [0.2, 0.25) is 0 Å². The van der Waals surface area contributed by atoms with Gasteiger partial charge >= 0.3 is 5.97 Å². The number of ether oxygens (including phenoxy) is 1. The van der Waals surface area contributed by atoms with Gasteiger partial charge in [0.25, 0.3) is 0 Å². The predicted octanol–water partition coefficient (Wildman–Crippen LogP) is 0.933. The largest absolute Gasteiger partial charge is 0.491 e. The lowest BCUT2D eigenvalue weighted by atomic mass is 10.1. The molecule has 0 aromatic heterocycles. The first-order valence-corrected chi connectivity index (χ1v) is 5.25. The summed E-state index contributed by atoms with van der Waals surface area (Å²) >= 11 is 0. The van der Waals surface area contributed by atoms with Gasteiger partial charge in [0.1, 0.15) is 17.9 Å². The minimum Gasteiger partial charge on any atom is -0.491 e. The molecule has 0 saturated carbocycles. The van der Waals surface area contributed by atoms with Crippen molar-refractivity contribution in [2.24, 2.45) is 5.73 Å². The molecule has 1 aromatic rings. The molecule has 0 aliphatic heterocycles. The van der Waals surface area contributed by atoms with Crippen molar-refractivity contribution >= 4 is 11.7 Å². The summed E-state index contributed by atoms with van der Waals surface area (Å²) in [4.78, 5) is 12.7. The van der Waals surface area contributed by atoms with Crippen LogP contribution in [0.1, 0.15) is 6.92 Å². The molecule has 0 saturated heterocycles. The first-order chi connectivity index (χ1) is 7.83. The number of nitrogens with two attached hydrogens (primary N) is 1. The van der Waals surface area contributed by atoms with E-state index >= 15 is 0 Å². The Hall–Kier alpha value is -1.75. The summed E-state index contributed by atoms with van der Waals surface area (Å²) in [6.45, 7) is 1.35. The molecule has 0 aliphatic carbocycles.